The number of benzene rings is 3. The number of ether oxygens (including phenoxy) is 1. The zero-order valence-corrected chi connectivity index (χ0v) is 14.3. The lowest BCUT2D eigenvalue weighted by molar-refractivity contribution is 0.0954. The van der Waals surface area contributed by atoms with Crippen molar-refractivity contribution in [3.8, 4) is 11.5 Å². The molecule has 0 fully saturated rings. The highest BCUT2D eigenvalue weighted by atomic mass is 19.1. The lowest BCUT2D eigenvalue weighted by Crippen LogP contribution is -2.17. The zero-order chi connectivity index (χ0) is 19.1. The first-order chi connectivity index (χ1) is 13.1. The van der Waals surface area contributed by atoms with E-state index in [1.54, 1.807) is 48.5 Å². The maximum Gasteiger partial charge on any atom is 0.271 e. The number of aromatic hydroxyl groups is 1. The van der Waals surface area contributed by atoms with Crippen molar-refractivity contribution >= 4 is 12.1 Å². The summed E-state index contributed by atoms with van der Waals surface area (Å²) < 4.78 is 18.7. The third-order valence-corrected chi connectivity index (χ3v) is 3.66. The summed E-state index contributed by atoms with van der Waals surface area (Å²) in [6.45, 7) is 0.269. The van der Waals surface area contributed by atoms with Gasteiger partial charge in [-0.2, -0.15) is 5.10 Å². The van der Waals surface area contributed by atoms with Crippen molar-refractivity contribution in [2.45, 2.75) is 6.61 Å². The van der Waals surface area contributed by atoms with Gasteiger partial charge in [0.2, 0.25) is 0 Å². The van der Waals surface area contributed by atoms with Gasteiger partial charge in [-0.25, -0.2) is 9.82 Å². The molecule has 1 amide bonds. The average molecular weight is 364 g/mol. The van der Waals surface area contributed by atoms with Gasteiger partial charge in [0, 0.05) is 5.56 Å². The highest BCUT2D eigenvalue weighted by molar-refractivity contribution is 5.95. The molecule has 0 atom stereocenters. The van der Waals surface area contributed by atoms with Gasteiger partial charge in [-0.15, -0.1) is 0 Å². The number of hydrogen-bond donors (Lipinski definition) is 2. The van der Waals surface area contributed by atoms with Crippen molar-refractivity contribution in [2.75, 3.05) is 0 Å². The maximum atomic E-state index is 13.1. The fourth-order valence-corrected chi connectivity index (χ4v) is 2.32. The third-order valence-electron chi connectivity index (χ3n) is 3.66. The van der Waals surface area contributed by atoms with Crippen LogP contribution < -0.4 is 10.2 Å². The van der Waals surface area contributed by atoms with E-state index < -0.39 is 5.91 Å². The summed E-state index contributed by atoms with van der Waals surface area (Å²) in [7, 11) is 0. The van der Waals surface area contributed by atoms with Crippen LogP contribution in [0.3, 0.4) is 0 Å². The second-order valence-corrected chi connectivity index (χ2v) is 5.74. The predicted octanol–water partition coefficient (Wildman–Crippen LogP) is 3.87. The molecule has 0 aliphatic rings. The van der Waals surface area contributed by atoms with Gasteiger partial charge in [0.15, 0.2) is 0 Å². The number of hydrazone groups is 1. The normalized spacial score (nSPS) is 10.7. The molecule has 0 aliphatic heterocycles. The van der Waals surface area contributed by atoms with Crippen LogP contribution in [0.2, 0.25) is 0 Å². The van der Waals surface area contributed by atoms with Crippen LogP contribution in [-0.2, 0) is 6.61 Å². The molecule has 0 aromatic heterocycles. The molecule has 0 bridgehead atoms. The number of hydrogen-bond acceptors (Lipinski definition) is 4. The van der Waals surface area contributed by atoms with Gasteiger partial charge in [-0.1, -0.05) is 18.2 Å². The van der Waals surface area contributed by atoms with E-state index in [9.17, 15) is 14.3 Å². The van der Waals surface area contributed by atoms with Crippen molar-refractivity contribution in [1.82, 2.24) is 5.43 Å². The van der Waals surface area contributed by atoms with Crippen LogP contribution in [0, 0.1) is 5.82 Å². The van der Waals surface area contributed by atoms with Gasteiger partial charge in [0.1, 0.15) is 23.9 Å². The molecule has 0 aliphatic carbocycles. The van der Waals surface area contributed by atoms with E-state index in [4.69, 9.17) is 4.74 Å². The SMILES string of the molecule is O=C(NN=Cc1ccc(OCc2cccc(F)c2)cc1)c1cccc(O)c1. The highest BCUT2D eigenvalue weighted by Gasteiger charge is 2.04. The molecule has 6 heteroatoms. The number of carbonyl (C=O) groups excluding carboxylic acids is 1. The molecule has 3 aromatic rings. The molecular weight excluding hydrogens is 347 g/mol. The summed E-state index contributed by atoms with van der Waals surface area (Å²) in [5.74, 6) is -0.0618. The maximum absolute atomic E-state index is 13.1. The summed E-state index contributed by atoms with van der Waals surface area (Å²) in [6, 6.07) is 19.3. The monoisotopic (exact) mass is 364 g/mol. The summed E-state index contributed by atoms with van der Waals surface area (Å²) in [4.78, 5) is 11.9. The lowest BCUT2D eigenvalue weighted by atomic mass is 10.2. The molecule has 0 radical (unpaired) electrons. The smallest absolute Gasteiger partial charge is 0.271 e. The van der Waals surface area contributed by atoms with Crippen molar-refractivity contribution < 1.29 is 19.0 Å². The standard InChI is InChI=1S/C21H17FN2O3/c22-18-5-1-3-16(11-18)14-27-20-9-7-15(8-10-20)13-23-24-21(26)17-4-2-6-19(25)12-17/h1-13,25H,14H2,(H,24,26). The number of rotatable bonds is 6. The Morgan fingerprint density at radius 3 is 2.59 bits per heavy atom. The zero-order valence-electron chi connectivity index (χ0n) is 14.3. The molecule has 0 heterocycles. The Morgan fingerprint density at radius 2 is 1.85 bits per heavy atom. The van der Waals surface area contributed by atoms with Crippen LogP contribution in [-0.4, -0.2) is 17.2 Å². The molecule has 0 saturated carbocycles. The van der Waals surface area contributed by atoms with Crippen LogP contribution in [0.15, 0.2) is 77.9 Å². The molecule has 27 heavy (non-hydrogen) atoms. The summed E-state index contributed by atoms with van der Waals surface area (Å²) in [5.41, 5.74) is 4.22. The average Bonchev–Trinajstić information content (AvgIpc) is 2.67. The van der Waals surface area contributed by atoms with Crippen LogP contribution in [0.1, 0.15) is 21.5 Å². The summed E-state index contributed by atoms with van der Waals surface area (Å²) >= 11 is 0. The molecular formula is C21H17FN2O3. The fraction of sp³-hybridized carbons (Fsp3) is 0.0476. The van der Waals surface area contributed by atoms with E-state index in [1.807, 2.05) is 0 Å². The number of halogens is 1. The Hall–Kier alpha value is -3.67. The van der Waals surface area contributed by atoms with Crippen LogP contribution in [0.5, 0.6) is 11.5 Å². The highest BCUT2D eigenvalue weighted by Crippen LogP contribution is 2.14. The Kier molecular flexibility index (Phi) is 5.79. The first kappa shape index (κ1) is 18.1. The van der Waals surface area contributed by atoms with E-state index in [-0.39, 0.29) is 18.2 Å². The van der Waals surface area contributed by atoms with Crippen molar-refractivity contribution in [2.24, 2.45) is 5.10 Å². The summed E-state index contributed by atoms with van der Waals surface area (Å²) in [6.07, 6.45) is 1.50. The molecule has 0 unspecified atom stereocenters. The van der Waals surface area contributed by atoms with Gasteiger partial charge >= 0.3 is 0 Å². The Balaban J connectivity index is 1.52. The molecule has 136 valence electrons. The Morgan fingerprint density at radius 1 is 1.07 bits per heavy atom. The lowest BCUT2D eigenvalue weighted by Gasteiger charge is -2.06. The van der Waals surface area contributed by atoms with Crippen molar-refractivity contribution in [3.05, 3.63) is 95.3 Å². The topological polar surface area (TPSA) is 70.9 Å². The first-order valence-corrected chi connectivity index (χ1v) is 8.20. The second kappa shape index (κ2) is 8.62. The van der Waals surface area contributed by atoms with Gasteiger partial charge in [0.05, 0.1) is 6.21 Å². The number of phenols is 1. The number of nitrogens with zero attached hydrogens (tertiary/aromatic N) is 1. The van der Waals surface area contributed by atoms with Gasteiger partial charge in [0.25, 0.3) is 5.91 Å². The Bertz CT molecular complexity index is 956. The second-order valence-electron chi connectivity index (χ2n) is 5.74. The van der Waals surface area contributed by atoms with E-state index >= 15 is 0 Å². The van der Waals surface area contributed by atoms with E-state index in [2.05, 4.69) is 10.5 Å². The summed E-state index contributed by atoms with van der Waals surface area (Å²) in [5, 5.41) is 13.3. The number of phenolic OH excluding ortho intramolecular Hbond substituents is 1. The van der Waals surface area contributed by atoms with Gasteiger partial charge in [-0.3, -0.25) is 4.79 Å². The largest absolute Gasteiger partial charge is 0.508 e. The molecule has 0 saturated heterocycles. The predicted molar refractivity (Wildman–Crippen MR) is 100 cm³/mol. The molecule has 5 nitrogen and oxygen atoms in total. The minimum absolute atomic E-state index is 0.0143. The van der Waals surface area contributed by atoms with E-state index in [0.29, 0.717) is 11.3 Å². The quantitative estimate of drug-likeness (QED) is 0.515. The van der Waals surface area contributed by atoms with Crippen LogP contribution >= 0.6 is 0 Å². The molecule has 2 N–H and O–H groups in total. The van der Waals surface area contributed by atoms with Crippen molar-refractivity contribution in [1.29, 1.82) is 0 Å². The van der Waals surface area contributed by atoms with Gasteiger partial charge in [-0.05, 0) is 65.7 Å². The van der Waals surface area contributed by atoms with E-state index in [1.165, 1.54) is 30.5 Å². The first-order valence-electron chi connectivity index (χ1n) is 8.20. The van der Waals surface area contributed by atoms with Crippen LogP contribution in [0.4, 0.5) is 4.39 Å². The number of amides is 1. The minimum Gasteiger partial charge on any atom is -0.508 e. The van der Waals surface area contributed by atoms with Crippen molar-refractivity contribution in [3.63, 3.8) is 0 Å². The number of carbonyl (C=O) groups is 1. The Labute approximate surface area is 155 Å². The van der Waals surface area contributed by atoms with E-state index in [0.717, 1.165) is 11.1 Å². The molecule has 3 rings (SSSR count). The molecule has 3 aromatic carbocycles. The third kappa shape index (κ3) is 5.40. The molecule has 0 spiro atoms. The van der Waals surface area contributed by atoms with Gasteiger partial charge < -0.3 is 9.84 Å². The van der Waals surface area contributed by atoms with Crippen LogP contribution in [0.25, 0.3) is 0 Å². The number of nitrogens with one attached hydrogen (secondary N) is 1. The fourth-order valence-electron chi connectivity index (χ4n) is 2.32. The minimum atomic E-state index is -0.419.